The summed E-state index contributed by atoms with van der Waals surface area (Å²) in [5, 5.41) is 18.3. The van der Waals surface area contributed by atoms with Gasteiger partial charge in [0.25, 0.3) is 5.88 Å². The fraction of sp³-hybridized carbons (Fsp3) is 0.345. The van der Waals surface area contributed by atoms with Gasteiger partial charge in [0.15, 0.2) is 34.6 Å². The van der Waals surface area contributed by atoms with E-state index in [0.717, 1.165) is 11.3 Å². The zero-order valence-corrected chi connectivity index (χ0v) is 25.2. The van der Waals surface area contributed by atoms with Gasteiger partial charge >= 0.3 is 11.9 Å². The molecule has 0 saturated carbocycles. The molecule has 4 aromatic rings. The monoisotopic (exact) mass is 633 g/mol. The lowest BCUT2D eigenvalue weighted by atomic mass is 10.0. The van der Waals surface area contributed by atoms with Crippen molar-refractivity contribution < 1.29 is 52.7 Å². The summed E-state index contributed by atoms with van der Waals surface area (Å²) in [5.74, 6) is -4.94. The van der Waals surface area contributed by atoms with Crippen LogP contribution in [0.3, 0.4) is 0 Å². The van der Waals surface area contributed by atoms with Crippen molar-refractivity contribution in [2.24, 2.45) is 11.8 Å². The highest BCUT2D eigenvalue weighted by molar-refractivity contribution is 7.21. The Bertz CT molecular complexity index is 1710. The van der Waals surface area contributed by atoms with Crippen LogP contribution in [0.1, 0.15) is 46.0 Å². The summed E-state index contributed by atoms with van der Waals surface area (Å²) < 4.78 is 38.7. The summed E-state index contributed by atoms with van der Waals surface area (Å²) in [5.41, 5.74) is 0.465. The van der Waals surface area contributed by atoms with Crippen LogP contribution in [0.5, 0.6) is 23.1 Å². The van der Waals surface area contributed by atoms with Crippen molar-refractivity contribution in [3.05, 3.63) is 39.8 Å². The molecule has 3 aromatic heterocycles. The molecule has 0 aliphatic heterocycles. The van der Waals surface area contributed by atoms with Crippen LogP contribution in [0, 0.1) is 17.7 Å². The molecule has 0 aliphatic rings. The molecule has 3 heterocycles. The molecule has 14 heteroatoms. The molecule has 0 radical (unpaired) electrons. The molecular weight excluding hydrogens is 605 g/mol. The molecule has 0 bridgehead atoms. The molecule has 2 atom stereocenters. The molecular formula is C29H28FNO10S2. The van der Waals surface area contributed by atoms with Crippen LogP contribution in [0.4, 0.5) is 4.39 Å². The first-order valence-electron chi connectivity index (χ1n) is 13.0. The SMILES string of the molecule is COc1cc2sc(C(=O)C[C@H](C)C(=O)O)cc2nc1OCCOc1c(OC)cc2sc(C(=O)C[C@H](C)C(=O)O)cc2c1F. The molecule has 1 aromatic carbocycles. The number of pyridine rings is 1. The number of aliphatic carboxylic acids is 2. The first kappa shape index (κ1) is 31.6. The van der Waals surface area contributed by atoms with Gasteiger partial charge in [0.1, 0.15) is 13.2 Å². The molecule has 2 N–H and O–H groups in total. The molecule has 0 unspecified atom stereocenters. The summed E-state index contributed by atoms with van der Waals surface area (Å²) >= 11 is 2.21. The largest absolute Gasteiger partial charge is 0.493 e. The Morgan fingerprint density at radius 3 is 1.93 bits per heavy atom. The van der Waals surface area contributed by atoms with Crippen molar-refractivity contribution in [3.63, 3.8) is 0 Å². The van der Waals surface area contributed by atoms with E-state index in [1.54, 1.807) is 18.2 Å². The quantitative estimate of drug-likeness (QED) is 0.122. The number of thiophene rings is 2. The summed E-state index contributed by atoms with van der Waals surface area (Å²) in [6, 6.07) is 6.14. The number of carbonyl (C=O) groups excluding carboxylic acids is 2. The van der Waals surface area contributed by atoms with Gasteiger partial charge in [0.2, 0.25) is 0 Å². The molecule has 11 nitrogen and oxygen atoms in total. The zero-order chi connectivity index (χ0) is 31.4. The smallest absolute Gasteiger partial charge is 0.306 e. The molecule has 0 fully saturated rings. The fourth-order valence-corrected chi connectivity index (χ4v) is 6.07. The van der Waals surface area contributed by atoms with Crippen molar-refractivity contribution in [1.29, 1.82) is 0 Å². The Kier molecular flexibility index (Phi) is 9.81. The standard InChI is InChI=1S/C29H28FNO10S2/c1-13(28(34)35)7-17(32)23-9-15-21(42-23)11-19(38-3)26(25(15)30)40-5-6-41-27-20(39-4)12-22-16(31-27)10-24(43-22)18(33)8-14(2)29(36)37/h9-14H,5-8H2,1-4H3,(H,34,35)(H,36,37)/t13-,14-/m0/s1. The molecule has 4 rings (SSSR count). The predicted molar refractivity (Wildman–Crippen MR) is 157 cm³/mol. The Morgan fingerprint density at radius 1 is 0.814 bits per heavy atom. The van der Waals surface area contributed by atoms with Crippen LogP contribution in [0.15, 0.2) is 24.3 Å². The van der Waals surface area contributed by atoms with Gasteiger partial charge in [-0.25, -0.2) is 9.37 Å². The topological polar surface area (TPSA) is 159 Å². The molecule has 0 amide bonds. The Morgan fingerprint density at radius 2 is 1.35 bits per heavy atom. The highest BCUT2D eigenvalue weighted by atomic mass is 32.1. The Labute approximate surface area is 252 Å². The summed E-state index contributed by atoms with van der Waals surface area (Å²) in [4.78, 5) is 52.3. The number of halogens is 1. The van der Waals surface area contributed by atoms with Crippen LogP contribution in [-0.2, 0) is 9.59 Å². The van der Waals surface area contributed by atoms with E-state index in [0.29, 0.717) is 25.5 Å². The third kappa shape index (κ3) is 7.03. The van der Waals surface area contributed by atoms with Crippen LogP contribution < -0.4 is 18.9 Å². The van der Waals surface area contributed by atoms with E-state index < -0.39 is 35.4 Å². The van der Waals surface area contributed by atoms with Crippen molar-refractivity contribution in [2.75, 3.05) is 27.4 Å². The maximum Gasteiger partial charge on any atom is 0.306 e. The lowest BCUT2D eigenvalue weighted by Gasteiger charge is -2.13. The van der Waals surface area contributed by atoms with Gasteiger partial charge in [-0.05, 0) is 12.1 Å². The maximum atomic E-state index is 15.5. The van der Waals surface area contributed by atoms with Gasteiger partial charge in [-0.3, -0.25) is 19.2 Å². The van der Waals surface area contributed by atoms with E-state index in [2.05, 4.69) is 4.98 Å². The first-order chi connectivity index (χ1) is 20.4. The number of fused-ring (bicyclic) bond motifs is 2. The number of carboxylic acid groups (broad SMARTS) is 2. The minimum atomic E-state index is -1.09. The van der Waals surface area contributed by atoms with E-state index in [-0.39, 0.29) is 59.5 Å². The number of nitrogens with zero attached hydrogens (tertiary/aromatic N) is 1. The maximum absolute atomic E-state index is 15.5. The number of hydrogen-bond acceptors (Lipinski definition) is 11. The molecule has 0 saturated heterocycles. The Hall–Kier alpha value is -4.30. The number of methoxy groups -OCH3 is 2. The van der Waals surface area contributed by atoms with Gasteiger partial charge in [0, 0.05) is 35.1 Å². The average molecular weight is 634 g/mol. The van der Waals surface area contributed by atoms with Gasteiger partial charge in [0.05, 0.1) is 46.0 Å². The zero-order valence-electron chi connectivity index (χ0n) is 23.6. The summed E-state index contributed by atoms with van der Waals surface area (Å²) in [7, 11) is 2.78. The fourth-order valence-electron chi connectivity index (χ4n) is 4.06. The van der Waals surface area contributed by atoms with E-state index in [1.807, 2.05) is 0 Å². The lowest BCUT2D eigenvalue weighted by molar-refractivity contribution is -0.141. The van der Waals surface area contributed by atoms with E-state index >= 15 is 4.39 Å². The first-order valence-corrected chi connectivity index (χ1v) is 14.6. The van der Waals surface area contributed by atoms with Crippen LogP contribution in [-0.4, -0.2) is 66.1 Å². The van der Waals surface area contributed by atoms with E-state index in [1.165, 1.54) is 45.5 Å². The number of benzene rings is 1. The van der Waals surface area contributed by atoms with Crippen LogP contribution >= 0.6 is 22.7 Å². The Balaban J connectivity index is 1.47. The highest BCUT2D eigenvalue weighted by Gasteiger charge is 2.24. The normalized spacial score (nSPS) is 12.6. The number of ketones is 2. The number of carboxylic acids is 2. The van der Waals surface area contributed by atoms with Crippen molar-refractivity contribution in [3.8, 4) is 23.1 Å². The number of carbonyl (C=O) groups is 4. The van der Waals surface area contributed by atoms with Gasteiger partial charge in [-0.2, -0.15) is 0 Å². The molecule has 228 valence electrons. The molecule has 0 aliphatic carbocycles. The predicted octanol–water partition coefficient (Wildman–Crippen LogP) is 5.71. The third-order valence-corrected chi connectivity index (χ3v) is 8.74. The minimum absolute atomic E-state index is 0.0675. The van der Waals surface area contributed by atoms with Crippen LogP contribution in [0.25, 0.3) is 20.3 Å². The van der Waals surface area contributed by atoms with Crippen LogP contribution in [0.2, 0.25) is 0 Å². The second-order valence-electron chi connectivity index (χ2n) is 9.66. The molecule has 43 heavy (non-hydrogen) atoms. The van der Waals surface area contributed by atoms with Gasteiger partial charge in [-0.15, -0.1) is 22.7 Å². The second kappa shape index (κ2) is 13.3. The van der Waals surface area contributed by atoms with Crippen molar-refractivity contribution in [1.82, 2.24) is 4.98 Å². The number of Topliss-reactive ketones (excluding diaryl/α,β-unsaturated/α-hetero) is 2. The number of ether oxygens (including phenoxy) is 4. The lowest BCUT2D eigenvalue weighted by Crippen LogP contribution is -2.14. The third-order valence-electron chi connectivity index (χ3n) is 6.50. The van der Waals surface area contributed by atoms with E-state index in [4.69, 9.17) is 29.2 Å². The van der Waals surface area contributed by atoms with E-state index in [9.17, 15) is 19.2 Å². The number of hydrogen-bond donors (Lipinski definition) is 2. The highest BCUT2D eigenvalue weighted by Crippen LogP contribution is 2.40. The minimum Gasteiger partial charge on any atom is -0.493 e. The summed E-state index contributed by atoms with van der Waals surface area (Å²) in [6.45, 7) is 2.71. The number of rotatable bonds is 15. The van der Waals surface area contributed by atoms with Gasteiger partial charge in [-0.1, -0.05) is 13.8 Å². The average Bonchev–Trinajstić information content (AvgIpc) is 3.59. The van der Waals surface area contributed by atoms with Crippen molar-refractivity contribution in [2.45, 2.75) is 26.7 Å². The van der Waals surface area contributed by atoms with Gasteiger partial charge < -0.3 is 29.2 Å². The second-order valence-corrected chi connectivity index (χ2v) is 11.8. The van der Waals surface area contributed by atoms with Crippen molar-refractivity contribution >= 4 is 66.5 Å². The molecule has 0 spiro atoms. The summed E-state index contributed by atoms with van der Waals surface area (Å²) in [6.07, 6.45) is -0.351. The number of aromatic nitrogens is 1.